The van der Waals surface area contributed by atoms with Crippen molar-refractivity contribution in [2.24, 2.45) is 0 Å². The van der Waals surface area contributed by atoms with E-state index in [-0.39, 0.29) is 6.07 Å². The zero-order valence-electron chi connectivity index (χ0n) is 11.5. The molecule has 0 spiro atoms. The van der Waals surface area contributed by atoms with Crippen LogP contribution >= 0.6 is 0 Å². The molecule has 0 aromatic heterocycles. The van der Waals surface area contributed by atoms with Crippen LogP contribution in [0.2, 0.25) is 0 Å². The van der Waals surface area contributed by atoms with Gasteiger partial charge in [-0.2, -0.15) is 39.5 Å². The molecule has 11 heteroatoms. The maximum Gasteiger partial charge on any atom is 0.460 e. The van der Waals surface area contributed by atoms with E-state index in [1.807, 2.05) is 0 Å². The van der Waals surface area contributed by atoms with Crippen LogP contribution in [0.1, 0.15) is 5.56 Å². The van der Waals surface area contributed by atoms with Gasteiger partial charge in [0.25, 0.3) is 0 Å². The molecule has 0 fully saturated rings. The predicted octanol–water partition coefficient (Wildman–Crippen LogP) is 4.63. The topological polar surface area (TPSA) is 18.5 Å². The first-order valence-electron chi connectivity index (χ1n) is 5.66. The molecule has 0 unspecified atom stereocenters. The summed E-state index contributed by atoms with van der Waals surface area (Å²) in [7, 11) is 1.70. The van der Waals surface area contributed by atoms with Crippen LogP contribution in [0.4, 0.5) is 39.5 Å². The Labute approximate surface area is 123 Å². The third-order valence-electron chi connectivity index (χ3n) is 2.89. The lowest BCUT2D eigenvalue weighted by molar-refractivity contribution is -0.399. The number of methoxy groups -OCH3 is 2. The van der Waals surface area contributed by atoms with Gasteiger partial charge in [0, 0.05) is 0 Å². The fourth-order valence-electron chi connectivity index (χ4n) is 1.60. The Balaban J connectivity index is 3.57. The van der Waals surface area contributed by atoms with Crippen molar-refractivity contribution in [3.8, 4) is 11.5 Å². The molecule has 0 amide bonds. The molecule has 0 atom stereocenters. The van der Waals surface area contributed by atoms with E-state index in [2.05, 4.69) is 9.47 Å². The van der Waals surface area contributed by atoms with Crippen LogP contribution < -0.4 is 9.47 Å². The Bertz CT molecular complexity index is 566. The number of rotatable bonds is 5. The summed E-state index contributed by atoms with van der Waals surface area (Å²) in [6, 6.07) is 1.83. The van der Waals surface area contributed by atoms with Gasteiger partial charge in [0.05, 0.1) is 19.8 Å². The Morgan fingerprint density at radius 3 is 1.65 bits per heavy atom. The largest absolute Gasteiger partial charge is 0.497 e. The Morgan fingerprint density at radius 1 is 0.739 bits per heavy atom. The van der Waals surface area contributed by atoms with Gasteiger partial charge in [-0.05, 0) is 18.2 Å². The number of ether oxygens (including phenoxy) is 2. The molecule has 23 heavy (non-hydrogen) atoms. The van der Waals surface area contributed by atoms with Gasteiger partial charge in [-0.1, -0.05) is 0 Å². The molecule has 0 radical (unpaired) electrons. The summed E-state index contributed by atoms with van der Waals surface area (Å²) in [5.74, 6) is -21.1. The average Bonchev–Trinajstić information content (AvgIpc) is 2.44. The zero-order valence-corrected chi connectivity index (χ0v) is 11.5. The van der Waals surface area contributed by atoms with E-state index < -0.39 is 41.0 Å². The second-order valence-electron chi connectivity index (χ2n) is 4.29. The smallest absolute Gasteiger partial charge is 0.460 e. The van der Waals surface area contributed by atoms with E-state index in [4.69, 9.17) is 0 Å². The molecule has 0 heterocycles. The summed E-state index contributed by atoms with van der Waals surface area (Å²) < 4.78 is 125. The van der Waals surface area contributed by atoms with Crippen molar-refractivity contribution in [3.05, 3.63) is 23.8 Å². The van der Waals surface area contributed by atoms with E-state index in [0.29, 0.717) is 6.07 Å². The monoisotopic (exact) mass is 356 g/mol. The third kappa shape index (κ3) is 2.88. The summed E-state index contributed by atoms with van der Waals surface area (Å²) in [5, 5.41) is 0. The molecule has 0 saturated heterocycles. The molecule has 0 aliphatic carbocycles. The van der Waals surface area contributed by atoms with Crippen LogP contribution in [0.5, 0.6) is 11.5 Å². The van der Waals surface area contributed by atoms with Gasteiger partial charge >= 0.3 is 23.9 Å². The minimum Gasteiger partial charge on any atom is -0.497 e. The lowest BCUT2D eigenvalue weighted by Gasteiger charge is -2.34. The van der Waals surface area contributed by atoms with Gasteiger partial charge in [0.1, 0.15) is 11.5 Å². The molecule has 0 bridgehead atoms. The van der Waals surface area contributed by atoms with E-state index in [9.17, 15) is 39.5 Å². The second-order valence-corrected chi connectivity index (χ2v) is 4.29. The number of halogens is 9. The van der Waals surface area contributed by atoms with Crippen LogP contribution in [-0.4, -0.2) is 32.2 Å². The molecule has 2 nitrogen and oxygen atoms in total. The lowest BCUT2D eigenvalue weighted by atomic mass is 9.95. The molecule has 1 rings (SSSR count). The molecular weight excluding hydrogens is 347 g/mol. The molecular formula is C12H9F9O2. The van der Waals surface area contributed by atoms with Crippen molar-refractivity contribution in [2.45, 2.75) is 23.9 Å². The van der Waals surface area contributed by atoms with Crippen LogP contribution in [0.15, 0.2) is 18.2 Å². The van der Waals surface area contributed by atoms with Crippen molar-refractivity contribution in [2.75, 3.05) is 14.2 Å². The number of alkyl halides is 9. The van der Waals surface area contributed by atoms with Crippen LogP contribution in [-0.2, 0) is 5.92 Å². The lowest BCUT2D eigenvalue weighted by Crippen LogP contribution is -2.59. The van der Waals surface area contributed by atoms with Crippen molar-refractivity contribution in [1.82, 2.24) is 0 Å². The molecule has 0 N–H and O–H groups in total. The molecule has 0 saturated carbocycles. The van der Waals surface area contributed by atoms with E-state index in [0.717, 1.165) is 20.3 Å². The first kappa shape index (κ1) is 19.2. The van der Waals surface area contributed by atoms with Gasteiger partial charge in [-0.15, -0.1) is 0 Å². The van der Waals surface area contributed by atoms with Gasteiger partial charge < -0.3 is 9.47 Å². The molecule has 1 aromatic rings. The number of hydrogen-bond acceptors (Lipinski definition) is 2. The van der Waals surface area contributed by atoms with E-state index >= 15 is 0 Å². The van der Waals surface area contributed by atoms with Crippen LogP contribution in [0, 0.1) is 0 Å². The highest BCUT2D eigenvalue weighted by atomic mass is 19.4. The summed E-state index contributed by atoms with van der Waals surface area (Å²) in [6.07, 6.45) is -6.88. The zero-order chi connectivity index (χ0) is 18.3. The molecule has 0 aliphatic rings. The Hall–Kier alpha value is -1.81. The SMILES string of the molecule is COc1ccc(OC)c(C(F)(F)C(F)(F)C(F)(F)C(F)(F)F)c1. The van der Waals surface area contributed by atoms with Crippen molar-refractivity contribution in [1.29, 1.82) is 0 Å². The summed E-state index contributed by atoms with van der Waals surface area (Å²) in [6.45, 7) is 0. The fourth-order valence-corrected chi connectivity index (χ4v) is 1.60. The van der Waals surface area contributed by atoms with E-state index in [1.165, 1.54) is 0 Å². The maximum absolute atomic E-state index is 13.9. The van der Waals surface area contributed by atoms with Crippen LogP contribution in [0.25, 0.3) is 0 Å². The first-order valence-corrected chi connectivity index (χ1v) is 5.66. The van der Waals surface area contributed by atoms with Crippen molar-refractivity contribution < 1.29 is 49.0 Å². The highest BCUT2D eigenvalue weighted by Crippen LogP contribution is 2.58. The standard InChI is InChI=1S/C12H9F9O2/c1-22-6-3-4-8(23-2)7(5-6)9(13,14)10(15,16)11(17,18)12(19,20)21/h3-5H,1-2H3. The number of hydrogen-bond donors (Lipinski definition) is 0. The second kappa shape index (κ2) is 5.68. The number of benzene rings is 1. The van der Waals surface area contributed by atoms with Crippen molar-refractivity contribution >= 4 is 0 Å². The summed E-state index contributed by atoms with van der Waals surface area (Å²) in [5.41, 5.74) is -1.87. The Kier molecular flexibility index (Phi) is 4.75. The quantitative estimate of drug-likeness (QED) is 0.717. The first-order chi connectivity index (χ1) is 10.2. The maximum atomic E-state index is 13.9. The summed E-state index contributed by atoms with van der Waals surface area (Å²) in [4.78, 5) is 0. The minimum atomic E-state index is -6.97. The normalized spacial score (nSPS) is 13.9. The highest BCUT2D eigenvalue weighted by Gasteiger charge is 2.82. The average molecular weight is 356 g/mol. The van der Waals surface area contributed by atoms with E-state index in [1.54, 1.807) is 0 Å². The van der Waals surface area contributed by atoms with Gasteiger partial charge in [0.15, 0.2) is 0 Å². The molecule has 0 aliphatic heterocycles. The highest BCUT2D eigenvalue weighted by molar-refractivity contribution is 5.44. The summed E-state index contributed by atoms with van der Waals surface area (Å²) >= 11 is 0. The van der Waals surface area contributed by atoms with Crippen molar-refractivity contribution in [3.63, 3.8) is 0 Å². The van der Waals surface area contributed by atoms with Crippen LogP contribution in [0.3, 0.4) is 0 Å². The fraction of sp³-hybridized carbons (Fsp3) is 0.500. The predicted molar refractivity (Wildman–Crippen MR) is 59.4 cm³/mol. The van der Waals surface area contributed by atoms with Gasteiger partial charge in [-0.3, -0.25) is 0 Å². The Morgan fingerprint density at radius 2 is 1.26 bits per heavy atom. The van der Waals surface area contributed by atoms with Gasteiger partial charge in [0.2, 0.25) is 0 Å². The van der Waals surface area contributed by atoms with Gasteiger partial charge in [-0.25, -0.2) is 0 Å². The third-order valence-corrected chi connectivity index (χ3v) is 2.89. The molecule has 1 aromatic carbocycles. The molecule has 132 valence electrons. The minimum absolute atomic E-state index is 0.194.